The van der Waals surface area contributed by atoms with Crippen molar-refractivity contribution in [3.05, 3.63) is 83.6 Å². The number of benzene rings is 3. The highest BCUT2D eigenvalue weighted by Crippen LogP contribution is 2.27. The molecule has 0 unspecified atom stereocenters. The third-order valence-electron chi connectivity index (χ3n) is 3.68. The van der Waals surface area contributed by atoms with Gasteiger partial charge in [-0.15, -0.1) is 0 Å². The van der Waals surface area contributed by atoms with Gasteiger partial charge in [0.15, 0.2) is 5.82 Å². The van der Waals surface area contributed by atoms with Crippen LogP contribution in [0, 0.1) is 5.82 Å². The SMILES string of the molecule is O=C(CNc1cccc(Cl)c1F)Nc1ccccc1-c1ccccc1. The minimum Gasteiger partial charge on any atom is -0.374 e. The number of rotatable bonds is 5. The predicted octanol–water partition coefficient (Wildman–Crippen LogP) is 5.20. The van der Waals surface area contributed by atoms with Crippen molar-refractivity contribution in [2.45, 2.75) is 0 Å². The van der Waals surface area contributed by atoms with Gasteiger partial charge in [-0.1, -0.05) is 66.2 Å². The standard InChI is InChI=1S/C20H16ClFN2O/c21-16-10-6-12-18(20(16)22)23-13-19(25)24-17-11-5-4-9-15(17)14-7-2-1-3-8-14/h1-12,23H,13H2,(H,24,25). The summed E-state index contributed by atoms with van der Waals surface area (Å²) in [6.45, 7) is -0.0691. The van der Waals surface area contributed by atoms with E-state index in [1.807, 2.05) is 54.6 Å². The fourth-order valence-corrected chi connectivity index (χ4v) is 2.65. The molecule has 0 saturated carbocycles. The van der Waals surface area contributed by atoms with Crippen LogP contribution in [-0.2, 0) is 4.79 Å². The predicted molar refractivity (Wildman–Crippen MR) is 100 cm³/mol. The number of hydrogen-bond donors (Lipinski definition) is 2. The summed E-state index contributed by atoms with van der Waals surface area (Å²) in [7, 11) is 0. The Morgan fingerprint density at radius 2 is 1.56 bits per heavy atom. The van der Waals surface area contributed by atoms with Crippen LogP contribution in [0.5, 0.6) is 0 Å². The maximum absolute atomic E-state index is 13.8. The zero-order valence-electron chi connectivity index (χ0n) is 13.3. The van der Waals surface area contributed by atoms with Gasteiger partial charge in [0.25, 0.3) is 0 Å². The number of hydrogen-bond acceptors (Lipinski definition) is 2. The summed E-state index contributed by atoms with van der Waals surface area (Å²) >= 11 is 5.73. The van der Waals surface area contributed by atoms with Gasteiger partial charge in [-0.3, -0.25) is 4.79 Å². The summed E-state index contributed by atoms with van der Waals surface area (Å²) in [6.07, 6.45) is 0. The molecular formula is C20H16ClFN2O. The van der Waals surface area contributed by atoms with Crippen LogP contribution in [0.3, 0.4) is 0 Å². The highest BCUT2D eigenvalue weighted by molar-refractivity contribution is 6.31. The van der Waals surface area contributed by atoms with Crippen molar-refractivity contribution < 1.29 is 9.18 Å². The molecule has 0 heterocycles. The molecule has 0 spiro atoms. The van der Waals surface area contributed by atoms with Gasteiger partial charge in [0.1, 0.15) is 0 Å². The minimum atomic E-state index is -0.568. The summed E-state index contributed by atoms with van der Waals surface area (Å²) in [6, 6.07) is 21.9. The molecule has 3 rings (SSSR count). The fourth-order valence-electron chi connectivity index (χ4n) is 2.47. The number of amides is 1. The second-order valence-corrected chi connectivity index (χ2v) is 5.82. The molecule has 126 valence electrons. The zero-order chi connectivity index (χ0) is 17.6. The molecule has 3 aromatic rings. The van der Waals surface area contributed by atoms with Crippen LogP contribution in [0.1, 0.15) is 0 Å². The van der Waals surface area contributed by atoms with Crippen molar-refractivity contribution in [2.24, 2.45) is 0 Å². The van der Waals surface area contributed by atoms with E-state index >= 15 is 0 Å². The van der Waals surface area contributed by atoms with E-state index in [-0.39, 0.29) is 23.2 Å². The Balaban J connectivity index is 1.71. The minimum absolute atomic E-state index is 0.0137. The number of para-hydroxylation sites is 1. The van der Waals surface area contributed by atoms with Crippen LogP contribution < -0.4 is 10.6 Å². The molecule has 5 heteroatoms. The number of carbonyl (C=O) groups is 1. The average molecular weight is 355 g/mol. The fraction of sp³-hybridized carbons (Fsp3) is 0.0500. The van der Waals surface area contributed by atoms with Gasteiger partial charge in [0.05, 0.1) is 17.3 Å². The summed E-state index contributed by atoms with van der Waals surface area (Å²) in [4.78, 5) is 12.2. The molecule has 0 saturated heterocycles. The number of carbonyl (C=O) groups excluding carboxylic acids is 1. The Morgan fingerprint density at radius 3 is 2.36 bits per heavy atom. The second-order valence-electron chi connectivity index (χ2n) is 5.41. The van der Waals surface area contributed by atoms with Gasteiger partial charge in [0, 0.05) is 11.3 Å². The molecule has 0 aliphatic carbocycles. The maximum atomic E-state index is 13.8. The third-order valence-corrected chi connectivity index (χ3v) is 3.97. The van der Waals surface area contributed by atoms with Crippen molar-refractivity contribution in [1.82, 2.24) is 0 Å². The molecule has 0 aliphatic rings. The monoisotopic (exact) mass is 354 g/mol. The lowest BCUT2D eigenvalue weighted by atomic mass is 10.0. The maximum Gasteiger partial charge on any atom is 0.243 e. The van der Waals surface area contributed by atoms with Gasteiger partial charge in [-0.25, -0.2) is 4.39 Å². The Bertz CT molecular complexity index is 884. The molecule has 0 aromatic heterocycles. The van der Waals surface area contributed by atoms with Crippen molar-refractivity contribution in [3.8, 4) is 11.1 Å². The molecule has 0 fully saturated rings. The van der Waals surface area contributed by atoms with Crippen LogP contribution >= 0.6 is 11.6 Å². The molecule has 1 amide bonds. The van der Waals surface area contributed by atoms with Crippen LogP contribution in [0.2, 0.25) is 5.02 Å². The van der Waals surface area contributed by atoms with E-state index < -0.39 is 5.82 Å². The topological polar surface area (TPSA) is 41.1 Å². The number of anilines is 2. The lowest BCUT2D eigenvalue weighted by Crippen LogP contribution is -2.22. The lowest BCUT2D eigenvalue weighted by Gasteiger charge is -2.12. The first-order chi connectivity index (χ1) is 12.1. The highest BCUT2D eigenvalue weighted by atomic mass is 35.5. The largest absolute Gasteiger partial charge is 0.374 e. The molecule has 0 atom stereocenters. The quantitative estimate of drug-likeness (QED) is 0.661. The van der Waals surface area contributed by atoms with Gasteiger partial charge in [-0.2, -0.15) is 0 Å². The van der Waals surface area contributed by atoms with E-state index in [4.69, 9.17) is 11.6 Å². The first-order valence-electron chi connectivity index (χ1n) is 7.77. The van der Waals surface area contributed by atoms with Crippen molar-refractivity contribution in [3.63, 3.8) is 0 Å². The molecule has 2 N–H and O–H groups in total. The van der Waals surface area contributed by atoms with E-state index in [1.54, 1.807) is 6.07 Å². The van der Waals surface area contributed by atoms with E-state index in [9.17, 15) is 9.18 Å². The van der Waals surface area contributed by atoms with E-state index in [0.29, 0.717) is 5.69 Å². The zero-order valence-corrected chi connectivity index (χ0v) is 14.1. The molecule has 25 heavy (non-hydrogen) atoms. The molecule has 3 nitrogen and oxygen atoms in total. The van der Waals surface area contributed by atoms with Gasteiger partial charge in [-0.05, 0) is 23.8 Å². The van der Waals surface area contributed by atoms with Crippen LogP contribution in [0.4, 0.5) is 15.8 Å². The van der Waals surface area contributed by atoms with E-state index in [0.717, 1.165) is 11.1 Å². The Kier molecular flexibility index (Phi) is 5.31. The third kappa shape index (κ3) is 4.17. The summed E-state index contributed by atoms with van der Waals surface area (Å²) < 4.78 is 13.8. The number of nitrogens with one attached hydrogen (secondary N) is 2. The number of halogens is 2. The molecule has 0 radical (unpaired) electrons. The van der Waals surface area contributed by atoms with Crippen LogP contribution in [0.15, 0.2) is 72.8 Å². The van der Waals surface area contributed by atoms with Crippen LogP contribution in [0.25, 0.3) is 11.1 Å². The first-order valence-corrected chi connectivity index (χ1v) is 8.15. The van der Waals surface area contributed by atoms with Gasteiger partial charge in [0.2, 0.25) is 5.91 Å². The highest BCUT2D eigenvalue weighted by Gasteiger charge is 2.10. The van der Waals surface area contributed by atoms with E-state index in [2.05, 4.69) is 10.6 Å². The summed E-state index contributed by atoms with van der Waals surface area (Å²) in [5, 5.41) is 5.63. The Labute approximate surface area is 150 Å². The van der Waals surface area contributed by atoms with Gasteiger partial charge >= 0.3 is 0 Å². The van der Waals surface area contributed by atoms with Crippen molar-refractivity contribution in [2.75, 3.05) is 17.2 Å². The Morgan fingerprint density at radius 1 is 0.880 bits per heavy atom. The average Bonchev–Trinajstić information content (AvgIpc) is 2.64. The molecular weight excluding hydrogens is 339 g/mol. The van der Waals surface area contributed by atoms with E-state index in [1.165, 1.54) is 12.1 Å². The normalized spacial score (nSPS) is 10.3. The first kappa shape index (κ1) is 17.0. The smallest absolute Gasteiger partial charge is 0.243 e. The summed E-state index contributed by atoms with van der Waals surface area (Å²) in [5.74, 6) is -0.843. The van der Waals surface area contributed by atoms with Crippen molar-refractivity contribution in [1.29, 1.82) is 0 Å². The lowest BCUT2D eigenvalue weighted by molar-refractivity contribution is -0.114. The summed E-state index contributed by atoms with van der Waals surface area (Å²) in [5.41, 5.74) is 2.82. The molecule has 0 bridgehead atoms. The van der Waals surface area contributed by atoms with Gasteiger partial charge < -0.3 is 10.6 Å². The molecule has 3 aromatic carbocycles. The second kappa shape index (κ2) is 7.81. The Hall–Kier alpha value is -2.85. The molecule has 0 aliphatic heterocycles. The van der Waals surface area contributed by atoms with Crippen molar-refractivity contribution >= 4 is 28.9 Å². The van der Waals surface area contributed by atoms with Crippen LogP contribution in [-0.4, -0.2) is 12.5 Å².